The van der Waals surface area contributed by atoms with Gasteiger partial charge in [-0.2, -0.15) is 0 Å². The van der Waals surface area contributed by atoms with E-state index in [0.717, 1.165) is 30.2 Å². The summed E-state index contributed by atoms with van der Waals surface area (Å²) < 4.78 is 0. The second kappa shape index (κ2) is 5.37. The molecule has 0 aromatic rings. The average Bonchev–Trinajstić information content (AvgIpc) is 2.91. The Morgan fingerprint density at radius 1 is 1.16 bits per heavy atom. The largest absolute Gasteiger partial charge is 0.329 e. The maximum atomic E-state index is 6.29. The van der Waals surface area contributed by atoms with Gasteiger partial charge in [0.05, 0.1) is 0 Å². The van der Waals surface area contributed by atoms with E-state index in [2.05, 4.69) is 18.7 Å². The molecule has 2 aliphatic carbocycles. The fraction of sp³-hybridized carbons (Fsp3) is 1.00. The fourth-order valence-corrected chi connectivity index (χ4v) is 5.42. The molecule has 2 heteroatoms. The minimum Gasteiger partial charge on any atom is -0.329 e. The zero-order valence-corrected chi connectivity index (χ0v) is 12.9. The Kier molecular flexibility index (Phi) is 3.92. The number of nitrogens with two attached hydrogens (primary N) is 1. The maximum absolute atomic E-state index is 6.29. The molecule has 4 atom stereocenters. The van der Waals surface area contributed by atoms with Gasteiger partial charge in [0.15, 0.2) is 0 Å². The van der Waals surface area contributed by atoms with Crippen molar-refractivity contribution in [2.45, 2.75) is 64.3 Å². The number of fused-ring (bicyclic) bond motifs is 2. The van der Waals surface area contributed by atoms with Gasteiger partial charge in [-0.3, -0.25) is 4.90 Å². The van der Waals surface area contributed by atoms with Crippen molar-refractivity contribution in [3.63, 3.8) is 0 Å². The van der Waals surface area contributed by atoms with Crippen LogP contribution in [0, 0.1) is 23.7 Å². The lowest BCUT2D eigenvalue weighted by molar-refractivity contribution is 0.0431. The highest BCUT2D eigenvalue weighted by atomic mass is 15.2. The zero-order valence-electron chi connectivity index (χ0n) is 12.9. The van der Waals surface area contributed by atoms with Crippen molar-refractivity contribution in [1.29, 1.82) is 0 Å². The molecule has 0 spiro atoms. The van der Waals surface area contributed by atoms with Gasteiger partial charge < -0.3 is 5.73 Å². The van der Waals surface area contributed by atoms with Gasteiger partial charge in [-0.25, -0.2) is 0 Å². The molecule has 3 rings (SSSR count). The highest BCUT2D eigenvalue weighted by molar-refractivity contribution is 5.08. The minimum atomic E-state index is 0.398. The molecule has 1 aliphatic heterocycles. The molecule has 2 N–H and O–H groups in total. The van der Waals surface area contributed by atoms with Gasteiger partial charge in [-0.15, -0.1) is 0 Å². The number of hydrogen-bond donors (Lipinski definition) is 1. The van der Waals surface area contributed by atoms with Crippen LogP contribution in [0.4, 0.5) is 0 Å². The Morgan fingerprint density at radius 3 is 2.58 bits per heavy atom. The smallest absolute Gasteiger partial charge is 0.0362 e. The summed E-state index contributed by atoms with van der Waals surface area (Å²) in [5.74, 6) is 3.71. The summed E-state index contributed by atoms with van der Waals surface area (Å²) in [6.45, 7) is 8.32. The predicted molar refractivity (Wildman–Crippen MR) is 81.0 cm³/mol. The van der Waals surface area contributed by atoms with E-state index in [1.807, 2.05) is 0 Å². The van der Waals surface area contributed by atoms with Crippen LogP contribution in [0.2, 0.25) is 0 Å². The SMILES string of the molecule is CC(C)C1CCCN(C2(CN)CC3CCC2C3)CC1. The predicted octanol–water partition coefficient (Wildman–Crippen LogP) is 3.26. The summed E-state index contributed by atoms with van der Waals surface area (Å²) in [7, 11) is 0. The van der Waals surface area contributed by atoms with Crippen LogP contribution in [0.1, 0.15) is 58.8 Å². The first-order chi connectivity index (χ1) is 9.15. The summed E-state index contributed by atoms with van der Waals surface area (Å²) >= 11 is 0. The normalized spacial score (nSPS) is 43.9. The van der Waals surface area contributed by atoms with Crippen LogP contribution in [-0.2, 0) is 0 Å². The van der Waals surface area contributed by atoms with E-state index in [9.17, 15) is 0 Å². The molecule has 0 radical (unpaired) electrons. The van der Waals surface area contributed by atoms with E-state index in [1.54, 1.807) is 0 Å². The van der Waals surface area contributed by atoms with Crippen LogP contribution in [0.5, 0.6) is 0 Å². The Morgan fingerprint density at radius 2 is 2.00 bits per heavy atom. The number of likely N-dealkylation sites (tertiary alicyclic amines) is 1. The van der Waals surface area contributed by atoms with Crippen molar-refractivity contribution in [3.8, 4) is 0 Å². The van der Waals surface area contributed by atoms with Gasteiger partial charge in [0.25, 0.3) is 0 Å². The highest BCUT2D eigenvalue weighted by Gasteiger charge is 2.53. The second-order valence-electron chi connectivity index (χ2n) is 7.81. The van der Waals surface area contributed by atoms with Crippen LogP contribution < -0.4 is 5.73 Å². The van der Waals surface area contributed by atoms with E-state index in [0.29, 0.717) is 5.54 Å². The van der Waals surface area contributed by atoms with Gasteiger partial charge in [0, 0.05) is 12.1 Å². The average molecular weight is 264 g/mol. The standard InChI is InChI=1S/C17H32N2/c1-13(2)15-4-3-8-19(9-7-15)17(12-18)11-14-5-6-16(17)10-14/h13-16H,3-12,18H2,1-2H3. The molecule has 1 saturated heterocycles. The maximum Gasteiger partial charge on any atom is 0.0362 e. The Labute approximate surface area is 119 Å². The molecule has 1 heterocycles. The topological polar surface area (TPSA) is 29.3 Å². The van der Waals surface area contributed by atoms with Gasteiger partial charge in [0.2, 0.25) is 0 Å². The molecule has 0 aromatic heterocycles. The van der Waals surface area contributed by atoms with Crippen LogP contribution in [-0.4, -0.2) is 30.1 Å². The molecule has 2 nitrogen and oxygen atoms in total. The third-order valence-electron chi connectivity index (χ3n) is 6.64. The monoisotopic (exact) mass is 264 g/mol. The van der Waals surface area contributed by atoms with Crippen molar-refractivity contribution >= 4 is 0 Å². The summed E-state index contributed by atoms with van der Waals surface area (Å²) in [5, 5.41) is 0. The summed E-state index contributed by atoms with van der Waals surface area (Å²) in [4.78, 5) is 2.83. The number of rotatable bonds is 3. The number of nitrogens with zero attached hydrogens (tertiary/aromatic N) is 1. The van der Waals surface area contributed by atoms with E-state index in [1.165, 1.54) is 58.0 Å². The van der Waals surface area contributed by atoms with Crippen molar-refractivity contribution in [1.82, 2.24) is 4.90 Å². The van der Waals surface area contributed by atoms with Crippen molar-refractivity contribution in [3.05, 3.63) is 0 Å². The van der Waals surface area contributed by atoms with Gasteiger partial charge in [-0.05, 0) is 75.3 Å². The Bertz CT molecular complexity index is 314. The third kappa shape index (κ3) is 2.35. The molecule has 3 fully saturated rings. The molecule has 3 aliphatic rings. The molecule has 0 amide bonds. The van der Waals surface area contributed by atoms with Crippen LogP contribution >= 0.6 is 0 Å². The van der Waals surface area contributed by atoms with E-state index in [4.69, 9.17) is 5.73 Å². The fourth-order valence-electron chi connectivity index (χ4n) is 5.42. The zero-order chi connectivity index (χ0) is 13.5. The molecule has 2 saturated carbocycles. The third-order valence-corrected chi connectivity index (χ3v) is 6.64. The first-order valence-corrected chi connectivity index (χ1v) is 8.61. The van der Waals surface area contributed by atoms with Gasteiger partial charge >= 0.3 is 0 Å². The van der Waals surface area contributed by atoms with Gasteiger partial charge in [0.1, 0.15) is 0 Å². The highest BCUT2D eigenvalue weighted by Crippen LogP contribution is 2.53. The van der Waals surface area contributed by atoms with Crippen LogP contribution in [0.3, 0.4) is 0 Å². The Hall–Kier alpha value is -0.0800. The summed E-state index contributed by atoms with van der Waals surface area (Å²) in [5.41, 5.74) is 6.69. The molecule has 0 aromatic carbocycles. The van der Waals surface area contributed by atoms with Crippen molar-refractivity contribution in [2.24, 2.45) is 29.4 Å². The lowest BCUT2D eigenvalue weighted by Crippen LogP contribution is -2.57. The number of hydrogen-bond acceptors (Lipinski definition) is 2. The molecule has 110 valence electrons. The first-order valence-electron chi connectivity index (χ1n) is 8.61. The van der Waals surface area contributed by atoms with Gasteiger partial charge in [-0.1, -0.05) is 20.3 Å². The summed E-state index contributed by atoms with van der Waals surface area (Å²) in [6, 6.07) is 0. The van der Waals surface area contributed by atoms with Crippen LogP contribution in [0.15, 0.2) is 0 Å². The van der Waals surface area contributed by atoms with Crippen molar-refractivity contribution < 1.29 is 0 Å². The molecular formula is C17H32N2. The Balaban J connectivity index is 1.71. The van der Waals surface area contributed by atoms with Crippen LogP contribution in [0.25, 0.3) is 0 Å². The van der Waals surface area contributed by atoms with E-state index in [-0.39, 0.29) is 0 Å². The second-order valence-corrected chi connectivity index (χ2v) is 7.81. The molecule has 2 bridgehead atoms. The quantitative estimate of drug-likeness (QED) is 0.848. The molecular weight excluding hydrogens is 232 g/mol. The lowest BCUT2D eigenvalue weighted by atomic mass is 9.79. The minimum absolute atomic E-state index is 0.398. The first kappa shape index (κ1) is 13.9. The molecule has 19 heavy (non-hydrogen) atoms. The van der Waals surface area contributed by atoms with E-state index >= 15 is 0 Å². The van der Waals surface area contributed by atoms with Crippen molar-refractivity contribution in [2.75, 3.05) is 19.6 Å². The summed E-state index contributed by atoms with van der Waals surface area (Å²) in [6.07, 6.45) is 10.0. The van der Waals surface area contributed by atoms with E-state index < -0.39 is 0 Å². The lowest BCUT2D eigenvalue weighted by Gasteiger charge is -2.46. The molecule has 4 unspecified atom stereocenters.